The molecule has 0 saturated heterocycles. The van der Waals surface area contributed by atoms with Crippen molar-refractivity contribution in [1.29, 1.82) is 0 Å². The van der Waals surface area contributed by atoms with Crippen LogP contribution < -0.4 is 10.6 Å². The van der Waals surface area contributed by atoms with Crippen molar-refractivity contribution >= 4 is 39.9 Å². The van der Waals surface area contributed by atoms with Gasteiger partial charge in [-0.2, -0.15) is 0 Å². The molecule has 2 amide bonds. The summed E-state index contributed by atoms with van der Waals surface area (Å²) in [7, 11) is 0. The zero-order valence-corrected chi connectivity index (χ0v) is 19.9. The van der Waals surface area contributed by atoms with Crippen LogP contribution in [-0.2, 0) is 0 Å². The lowest BCUT2D eigenvalue weighted by atomic mass is 9.94. The van der Waals surface area contributed by atoms with Crippen molar-refractivity contribution in [3.8, 4) is 11.1 Å². The van der Waals surface area contributed by atoms with Crippen LogP contribution in [0.3, 0.4) is 0 Å². The Hall–Kier alpha value is -3.44. The first-order chi connectivity index (χ1) is 15.8. The van der Waals surface area contributed by atoms with Crippen LogP contribution in [0.5, 0.6) is 0 Å². The van der Waals surface area contributed by atoms with E-state index < -0.39 is 0 Å². The van der Waals surface area contributed by atoms with E-state index in [1.165, 1.54) is 5.56 Å². The minimum Gasteiger partial charge on any atom is -0.307 e. The number of aromatic nitrogens is 2. The Morgan fingerprint density at radius 1 is 0.909 bits per heavy atom. The van der Waals surface area contributed by atoms with Crippen LogP contribution in [0.4, 0.5) is 16.2 Å². The lowest BCUT2D eigenvalue weighted by molar-refractivity contribution is 0.262. The number of nitrogens with zero attached hydrogens (tertiary/aromatic N) is 2. The first-order valence-corrected chi connectivity index (χ1v) is 11.4. The summed E-state index contributed by atoms with van der Waals surface area (Å²) in [4.78, 5) is 21.7. The summed E-state index contributed by atoms with van der Waals surface area (Å²) in [5.74, 6) is 0.689. The Kier molecular flexibility index (Phi) is 6.61. The predicted octanol–water partition coefficient (Wildman–Crippen LogP) is 7.84. The van der Waals surface area contributed by atoms with E-state index in [2.05, 4.69) is 60.4 Å². The Bertz CT molecular complexity index is 1320. The Morgan fingerprint density at radius 2 is 1.67 bits per heavy atom. The maximum atomic E-state index is 13.1. The molecule has 168 valence electrons. The van der Waals surface area contributed by atoms with Crippen LogP contribution in [0.2, 0.25) is 5.02 Å². The van der Waals surface area contributed by atoms with Crippen LogP contribution in [0, 0.1) is 0 Å². The summed E-state index contributed by atoms with van der Waals surface area (Å²) in [6.07, 6.45) is 5.05. The number of rotatable bonds is 5. The number of pyridine rings is 2. The summed E-state index contributed by atoms with van der Waals surface area (Å²) < 4.78 is 0. The van der Waals surface area contributed by atoms with Gasteiger partial charge in [0, 0.05) is 33.4 Å². The number of anilines is 2. The smallest absolute Gasteiger partial charge is 0.307 e. The Morgan fingerprint density at radius 3 is 2.39 bits per heavy atom. The van der Waals surface area contributed by atoms with Gasteiger partial charge in [0.15, 0.2) is 0 Å². The monoisotopic (exact) mass is 458 g/mol. The largest absolute Gasteiger partial charge is 0.323 e. The third-order valence-corrected chi connectivity index (χ3v) is 6.00. The summed E-state index contributed by atoms with van der Waals surface area (Å²) in [6.45, 7) is 8.58. The molecule has 0 unspecified atom stereocenters. The molecule has 0 saturated carbocycles. The Labute approximate surface area is 199 Å². The highest BCUT2D eigenvalue weighted by atomic mass is 35.5. The van der Waals surface area contributed by atoms with Crippen molar-refractivity contribution in [1.82, 2.24) is 9.97 Å². The number of hydrogen-bond acceptors (Lipinski definition) is 3. The normalized spacial score (nSPS) is 11.2. The van der Waals surface area contributed by atoms with Gasteiger partial charge in [-0.05, 0) is 41.2 Å². The van der Waals surface area contributed by atoms with Crippen molar-refractivity contribution in [2.45, 2.75) is 39.5 Å². The molecule has 33 heavy (non-hydrogen) atoms. The Balaban J connectivity index is 1.71. The van der Waals surface area contributed by atoms with Crippen molar-refractivity contribution in [2.75, 3.05) is 10.6 Å². The van der Waals surface area contributed by atoms with Gasteiger partial charge >= 0.3 is 6.03 Å². The maximum Gasteiger partial charge on any atom is 0.323 e. The average Bonchev–Trinajstić information content (AvgIpc) is 2.79. The summed E-state index contributed by atoms with van der Waals surface area (Å²) >= 11 is 6.53. The molecule has 5 nitrogen and oxygen atoms in total. The lowest BCUT2D eigenvalue weighted by Gasteiger charge is -2.18. The van der Waals surface area contributed by atoms with Crippen LogP contribution in [0.1, 0.15) is 50.7 Å². The van der Waals surface area contributed by atoms with Gasteiger partial charge in [0.05, 0.1) is 23.6 Å². The zero-order chi connectivity index (χ0) is 23.5. The third kappa shape index (κ3) is 4.83. The van der Waals surface area contributed by atoms with E-state index in [4.69, 9.17) is 11.6 Å². The molecule has 0 aliphatic carbocycles. The standard InChI is InChI=1S/C27H27ClN4O/c1-16(2)18-9-10-23(21(13-18)17(3)4)31-27(33)32-25-15-30-24-14-29-12-11-20(24)26(25)19-7-5-6-8-22(19)28/h5-17H,1-4H3,(H2,31,32,33). The number of fused-ring (bicyclic) bond motifs is 1. The minimum atomic E-state index is -0.335. The van der Waals surface area contributed by atoms with Gasteiger partial charge in [-0.3, -0.25) is 9.97 Å². The highest BCUT2D eigenvalue weighted by Gasteiger charge is 2.17. The van der Waals surface area contributed by atoms with Crippen LogP contribution >= 0.6 is 11.6 Å². The molecule has 0 radical (unpaired) electrons. The average molecular weight is 459 g/mol. The first-order valence-electron chi connectivity index (χ1n) is 11.0. The van der Waals surface area contributed by atoms with E-state index in [1.807, 2.05) is 36.4 Å². The molecule has 0 aliphatic rings. The van der Waals surface area contributed by atoms with Crippen molar-refractivity contribution in [3.63, 3.8) is 0 Å². The number of benzene rings is 2. The van der Waals surface area contributed by atoms with Gasteiger partial charge in [0.2, 0.25) is 0 Å². The molecular weight excluding hydrogens is 432 g/mol. The number of carbonyl (C=O) groups excluding carboxylic acids is 1. The third-order valence-electron chi connectivity index (χ3n) is 5.68. The van der Waals surface area contributed by atoms with Crippen molar-refractivity contribution in [3.05, 3.63) is 83.3 Å². The second-order valence-electron chi connectivity index (χ2n) is 8.65. The van der Waals surface area contributed by atoms with Gasteiger partial charge in [0.25, 0.3) is 0 Å². The first kappa shape index (κ1) is 22.7. The van der Waals surface area contributed by atoms with Gasteiger partial charge in [-0.25, -0.2) is 4.79 Å². The van der Waals surface area contributed by atoms with Crippen LogP contribution in [0.15, 0.2) is 67.1 Å². The van der Waals surface area contributed by atoms with Crippen molar-refractivity contribution < 1.29 is 4.79 Å². The molecule has 0 bridgehead atoms. The maximum absolute atomic E-state index is 13.1. The van der Waals surface area contributed by atoms with Gasteiger partial charge in [-0.15, -0.1) is 0 Å². The van der Waals surface area contributed by atoms with E-state index in [0.29, 0.717) is 16.6 Å². The van der Waals surface area contributed by atoms with Gasteiger partial charge in [-0.1, -0.05) is 69.6 Å². The molecule has 2 heterocycles. The topological polar surface area (TPSA) is 66.9 Å². The van der Waals surface area contributed by atoms with E-state index >= 15 is 0 Å². The molecular formula is C27H27ClN4O. The highest BCUT2D eigenvalue weighted by molar-refractivity contribution is 6.34. The van der Waals surface area contributed by atoms with E-state index in [-0.39, 0.29) is 11.9 Å². The van der Waals surface area contributed by atoms with Crippen LogP contribution in [-0.4, -0.2) is 16.0 Å². The second-order valence-corrected chi connectivity index (χ2v) is 9.06. The molecule has 4 rings (SSSR count). The molecule has 0 aliphatic heterocycles. The fraction of sp³-hybridized carbons (Fsp3) is 0.222. The number of carbonyl (C=O) groups is 1. The highest BCUT2D eigenvalue weighted by Crippen LogP contribution is 2.38. The zero-order valence-electron chi connectivity index (χ0n) is 19.2. The molecule has 0 spiro atoms. The number of urea groups is 1. The molecule has 0 atom stereocenters. The summed E-state index contributed by atoms with van der Waals surface area (Å²) in [6, 6.07) is 15.3. The molecule has 4 aromatic rings. The molecule has 2 aromatic carbocycles. The molecule has 0 fully saturated rings. The van der Waals surface area contributed by atoms with E-state index in [1.54, 1.807) is 18.6 Å². The predicted molar refractivity (Wildman–Crippen MR) is 137 cm³/mol. The number of halogens is 1. The summed E-state index contributed by atoms with van der Waals surface area (Å²) in [5, 5.41) is 7.47. The summed E-state index contributed by atoms with van der Waals surface area (Å²) in [5.41, 5.74) is 6.07. The van der Waals surface area contributed by atoms with Crippen molar-refractivity contribution in [2.24, 2.45) is 0 Å². The fourth-order valence-electron chi connectivity index (χ4n) is 3.90. The van der Waals surface area contributed by atoms with Crippen LogP contribution in [0.25, 0.3) is 22.0 Å². The van der Waals surface area contributed by atoms with E-state index in [9.17, 15) is 4.79 Å². The number of nitrogens with one attached hydrogen (secondary N) is 2. The SMILES string of the molecule is CC(C)c1ccc(NC(=O)Nc2cnc3cnccc3c2-c2ccccc2Cl)c(C(C)C)c1. The lowest BCUT2D eigenvalue weighted by Crippen LogP contribution is -2.21. The molecule has 2 aromatic heterocycles. The quantitative estimate of drug-likeness (QED) is 0.320. The van der Waals surface area contributed by atoms with Gasteiger partial charge < -0.3 is 10.6 Å². The van der Waals surface area contributed by atoms with E-state index in [0.717, 1.165) is 33.3 Å². The molecule has 6 heteroatoms. The number of amides is 2. The number of hydrogen-bond donors (Lipinski definition) is 2. The van der Waals surface area contributed by atoms with Gasteiger partial charge in [0.1, 0.15) is 0 Å². The fourth-order valence-corrected chi connectivity index (χ4v) is 4.13. The minimum absolute atomic E-state index is 0.271. The second kappa shape index (κ2) is 9.59. The molecule has 2 N–H and O–H groups in total.